The van der Waals surface area contributed by atoms with Gasteiger partial charge in [0.1, 0.15) is 6.10 Å². The number of ether oxygens (including phenoxy) is 1. The number of rotatable bonds is 7. The molecular formula is C12H22O2. The third-order valence-corrected chi connectivity index (χ3v) is 2.98. The Balaban J connectivity index is 2.15. The molecule has 0 aliphatic carbocycles. The number of hydrogen-bond acceptors (Lipinski definition) is 2. The summed E-state index contributed by atoms with van der Waals surface area (Å²) in [4.78, 5) is 11.2. The van der Waals surface area contributed by atoms with Gasteiger partial charge in [-0.05, 0) is 19.3 Å². The lowest BCUT2D eigenvalue weighted by Gasteiger charge is -2.35. The third kappa shape index (κ3) is 3.00. The van der Waals surface area contributed by atoms with Gasteiger partial charge in [0, 0.05) is 0 Å². The van der Waals surface area contributed by atoms with Crippen molar-refractivity contribution in [1.29, 1.82) is 0 Å². The van der Waals surface area contributed by atoms with Crippen LogP contribution in [-0.4, -0.2) is 12.1 Å². The number of unbranched alkanes of at least 4 members (excludes halogenated alkanes) is 3. The zero-order valence-corrected chi connectivity index (χ0v) is 9.42. The minimum Gasteiger partial charge on any atom is -0.461 e. The van der Waals surface area contributed by atoms with Gasteiger partial charge in [0.15, 0.2) is 0 Å². The molecule has 0 saturated carbocycles. The highest BCUT2D eigenvalue weighted by atomic mass is 16.6. The molecule has 1 rings (SSSR count). The normalized spacial score (nSPS) is 25.7. The van der Waals surface area contributed by atoms with Crippen LogP contribution in [0.3, 0.4) is 0 Å². The van der Waals surface area contributed by atoms with E-state index in [1.807, 2.05) is 0 Å². The summed E-state index contributed by atoms with van der Waals surface area (Å²) in [6.07, 6.45) is 8.39. The number of cyclic esters (lactones) is 1. The van der Waals surface area contributed by atoms with Gasteiger partial charge in [0.2, 0.25) is 0 Å². The molecule has 1 heterocycles. The second-order valence-corrected chi connectivity index (χ2v) is 4.22. The molecule has 0 unspecified atom stereocenters. The van der Waals surface area contributed by atoms with Gasteiger partial charge in [-0.25, -0.2) is 0 Å². The number of esters is 1. The van der Waals surface area contributed by atoms with Crippen molar-refractivity contribution in [2.45, 2.75) is 64.9 Å². The Morgan fingerprint density at radius 1 is 1.07 bits per heavy atom. The van der Waals surface area contributed by atoms with Crippen molar-refractivity contribution in [2.75, 3.05) is 0 Å². The monoisotopic (exact) mass is 198 g/mol. The van der Waals surface area contributed by atoms with E-state index in [-0.39, 0.29) is 18.0 Å². The smallest absolute Gasteiger partial charge is 0.313 e. The first-order valence-corrected chi connectivity index (χ1v) is 6.00. The Bertz CT molecular complexity index is 177. The summed E-state index contributed by atoms with van der Waals surface area (Å²) in [6.45, 7) is 4.36. The molecule has 82 valence electrons. The van der Waals surface area contributed by atoms with E-state index in [1.165, 1.54) is 25.7 Å². The topological polar surface area (TPSA) is 26.3 Å². The Morgan fingerprint density at radius 3 is 2.36 bits per heavy atom. The van der Waals surface area contributed by atoms with Crippen LogP contribution in [0.25, 0.3) is 0 Å². The van der Waals surface area contributed by atoms with Crippen LogP contribution in [0.2, 0.25) is 0 Å². The minimum absolute atomic E-state index is 0.0416. The Hall–Kier alpha value is -0.530. The molecule has 2 heteroatoms. The lowest BCUT2D eigenvalue weighted by molar-refractivity contribution is -0.186. The van der Waals surface area contributed by atoms with Gasteiger partial charge >= 0.3 is 5.97 Å². The summed E-state index contributed by atoms with van der Waals surface area (Å²) >= 11 is 0. The summed E-state index contributed by atoms with van der Waals surface area (Å²) in [5.41, 5.74) is 0. The molecule has 0 spiro atoms. The molecule has 1 aliphatic heterocycles. The van der Waals surface area contributed by atoms with E-state index in [4.69, 9.17) is 4.74 Å². The van der Waals surface area contributed by atoms with Crippen molar-refractivity contribution in [2.24, 2.45) is 5.92 Å². The van der Waals surface area contributed by atoms with Crippen LogP contribution in [0.15, 0.2) is 0 Å². The lowest BCUT2D eigenvalue weighted by Crippen LogP contribution is -2.44. The van der Waals surface area contributed by atoms with Gasteiger partial charge in [-0.3, -0.25) is 4.79 Å². The molecule has 0 aromatic rings. The van der Waals surface area contributed by atoms with Crippen molar-refractivity contribution in [1.82, 2.24) is 0 Å². The fourth-order valence-electron chi connectivity index (χ4n) is 1.98. The fraction of sp³-hybridized carbons (Fsp3) is 0.917. The first-order chi connectivity index (χ1) is 6.79. The fourth-order valence-corrected chi connectivity index (χ4v) is 1.98. The van der Waals surface area contributed by atoms with Gasteiger partial charge < -0.3 is 4.74 Å². The minimum atomic E-state index is 0.0416. The molecule has 2 atom stereocenters. The summed E-state index contributed by atoms with van der Waals surface area (Å²) in [6, 6.07) is 0. The maximum atomic E-state index is 11.2. The van der Waals surface area contributed by atoms with E-state index in [0.29, 0.717) is 0 Å². The van der Waals surface area contributed by atoms with E-state index in [0.717, 1.165) is 19.3 Å². The number of carbonyl (C=O) groups excluding carboxylic acids is 1. The summed E-state index contributed by atoms with van der Waals surface area (Å²) < 4.78 is 5.16. The number of carbonyl (C=O) groups is 1. The van der Waals surface area contributed by atoms with Crippen molar-refractivity contribution in [3.63, 3.8) is 0 Å². The highest BCUT2D eigenvalue weighted by Gasteiger charge is 2.40. The van der Waals surface area contributed by atoms with Gasteiger partial charge in [-0.15, -0.1) is 0 Å². The molecule has 0 aromatic heterocycles. The van der Waals surface area contributed by atoms with Crippen LogP contribution in [-0.2, 0) is 9.53 Å². The quantitative estimate of drug-likeness (QED) is 0.463. The van der Waals surface area contributed by atoms with Crippen molar-refractivity contribution < 1.29 is 9.53 Å². The zero-order chi connectivity index (χ0) is 10.4. The van der Waals surface area contributed by atoms with Crippen molar-refractivity contribution in [3.8, 4) is 0 Å². The molecule has 0 amide bonds. The summed E-state index contributed by atoms with van der Waals surface area (Å²) in [5.74, 6) is 0.270. The van der Waals surface area contributed by atoms with Crippen molar-refractivity contribution >= 4 is 5.97 Å². The molecule has 0 N–H and O–H groups in total. The Kier molecular flexibility index (Phi) is 4.99. The zero-order valence-electron chi connectivity index (χ0n) is 9.42. The SMILES string of the molecule is CCCCC[C@@H]1OC(=O)[C@H]1CCCC. The van der Waals surface area contributed by atoms with Crippen LogP contribution < -0.4 is 0 Å². The molecule has 1 fully saturated rings. The van der Waals surface area contributed by atoms with Gasteiger partial charge in [-0.1, -0.05) is 39.5 Å². The van der Waals surface area contributed by atoms with Crippen LogP contribution in [0.1, 0.15) is 58.8 Å². The largest absolute Gasteiger partial charge is 0.461 e. The molecule has 14 heavy (non-hydrogen) atoms. The second-order valence-electron chi connectivity index (χ2n) is 4.22. The average molecular weight is 198 g/mol. The highest BCUT2D eigenvalue weighted by Crippen LogP contribution is 2.30. The Morgan fingerprint density at radius 2 is 1.79 bits per heavy atom. The van der Waals surface area contributed by atoms with Crippen molar-refractivity contribution in [3.05, 3.63) is 0 Å². The first-order valence-electron chi connectivity index (χ1n) is 6.00. The highest BCUT2D eigenvalue weighted by molar-refractivity contribution is 5.78. The lowest BCUT2D eigenvalue weighted by atomic mass is 9.88. The second kappa shape index (κ2) is 6.05. The molecule has 0 radical (unpaired) electrons. The first kappa shape index (κ1) is 11.5. The van der Waals surface area contributed by atoms with E-state index >= 15 is 0 Å². The summed E-state index contributed by atoms with van der Waals surface area (Å²) in [5, 5.41) is 0. The predicted octanol–water partition coefficient (Wildman–Crippen LogP) is 3.30. The Labute approximate surface area is 87.0 Å². The van der Waals surface area contributed by atoms with E-state index in [9.17, 15) is 4.79 Å². The molecule has 1 saturated heterocycles. The maximum absolute atomic E-state index is 11.2. The molecule has 2 nitrogen and oxygen atoms in total. The molecule has 1 aliphatic rings. The van der Waals surface area contributed by atoms with E-state index in [1.54, 1.807) is 0 Å². The van der Waals surface area contributed by atoms with Crippen LogP contribution in [0, 0.1) is 5.92 Å². The van der Waals surface area contributed by atoms with E-state index < -0.39 is 0 Å². The van der Waals surface area contributed by atoms with E-state index in [2.05, 4.69) is 13.8 Å². The average Bonchev–Trinajstić information content (AvgIpc) is 2.17. The molecule has 0 bridgehead atoms. The van der Waals surface area contributed by atoms with Crippen LogP contribution in [0.5, 0.6) is 0 Å². The maximum Gasteiger partial charge on any atom is 0.313 e. The number of hydrogen-bond donors (Lipinski definition) is 0. The summed E-state index contributed by atoms with van der Waals surface area (Å²) in [7, 11) is 0. The molecular weight excluding hydrogens is 176 g/mol. The van der Waals surface area contributed by atoms with Crippen LogP contribution >= 0.6 is 0 Å². The van der Waals surface area contributed by atoms with Gasteiger partial charge in [-0.2, -0.15) is 0 Å². The third-order valence-electron chi connectivity index (χ3n) is 2.98. The van der Waals surface area contributed by atoms with Gasteiger partial charge in [0.25, 0.3) is 0 Å². The van der Waals surface area contributed by atoms with Crippen LogP contribution in [0.4, 0.5) is 0 Å². The molecule has 0 aromatic carbocycles. The van der Waals surface area contributed by atoms with Gasteiger partial charge in [0.05, 0.1) is 5.92 Å². The predicted molar refractivity (Wildman–Crippen MR) is 57.0 cm³/mol. The standard InChI is InChI=1S/C12H22O2/c1-3-5-7-9-11-10(8-6-4-2)12(13)14-11/h10-11H,3-9H2,1-2H3/t10-,11-/m0/s1.